The molecule has 2 nitrogen and oxygen atoms in total. The Labute approximate surface area is 134 Å². The monoisotopic (exact) mass is 298 g/mol. The summed E-state index contributed by atoms with van der Waals surface area (Å²) in [5.41, 5.74) is 11.0. The molecule has 2 heteroatoms. The molecular formula is C19H42N2. The molecular weight excluding hydrogens is 256 g/mol. The van der Waals surface area contributed by atoms with Gasteiger partial charge >= 0.3 is 0 Å². The average molecular weight is 299 g/mol. The van der Waals surface area contributed by atoms with Gasteiger partial charge in [-0.3, -0.25) is 0 Å². The van der Waals surface area contributed by atoms with E-state index in [4.69, 9.17) is 11.5 Å². The van der Waals surface area contributed by atoms with E-state index < -0.39 is 0 Å². The van der Waals surface area contributed by atoms with Crippen LogP contribution in [0.25, 0.3) is 0 Å². The van der Waals surface area contributed by atoms with E-state index in [0.29, 0.717) is 0 Å². The van der Waals surface area contributed by atoms with Crippen LogP contribution in [0.5, 0.6) is 0 Å². The number of hydrogen-bond acceptors (Lipinski definition) is 2. The van der Waals surface area contributed by atoms with E-state index in [1.807, 2.05) is 0 Å². The lowest BCUT2D eigenvalue weighted by molar-refractivity contribution is 0.526. The Hall–Kier alpha value is -0.0800. The molecule has 0 rings (SSSR count). The first-order valence-electron chi connectivity index (χ1n) is 9.82. The minimum Gasteiger partial charge on any atom is -0.330 e. The van der Waals surface area contributed by atoms with Gasteiger partial charge in [-0.15, -0.1) is 0 Å². The van der Waals surface area contributed by atoms with Crippen LogP contribution >= 0.6 is 0 Å². The summed E-state index contributed by atoms with van der Waals surface area (Å²) in [6, 6.07) is 0. The molecule has 0 aromatic heterocycles. The van der Waals surface area contributed by atoms with Crippen molar-refractivity contribution >= 4 is 0 Å². The predicted octanol–water partition coefficient (Wildman–Crippen LogP) is 5.54. The molecule has 0 radical (unpaired) electrons. The molecule has 0 aliphatic rings. The highest BCUT2D eigenvalue weighted by Crippen LogP contribution is 2.13. The third kappa shape index (κ3) is 19.9. The molecule has 0 saturated heterocycles. The van der Waals surface area contributed by atoms with Crippen LogP contribution in [0.15, 0.2) is 0 Å². The fourth-order valence-corrected chi connectivity index (χ4v) is 2.94. The maximum absolute atomic E-state index is 5.49. The number of unbranched alkanes of at least 4 members (excludes halogenated alkanes) is 16. The van der Waals surface area contributed by atoms with E-state index >= 15 is 0 Å². The van der Waals surface area contributed by atoms with Crippen molar-refractivity contribution in [3.63, 3.8) is 0 Å². The van der Waals surface area contributed by atoms with Crippen LogP contribution in [0.4, 0.5) is 0 Å². The molecule has 0 aromatic rings. The van der Waals surface area contributed by atoms with Crippen molar-refractivity contribution in [2.24, 2.45) is 11.5 Å². The van der Waals surface area contributed by atoms with Crippen molar-refractivity contribution in [1.29, 1.82) is 0 Å². The summed E-state index contributed by atoms with van der Waals surface area (Å²) < 4.78 is 0. The van der Waals surface area contributed by atoms with E-state index in [-0.39, 0.29) is 0 Å². The summed E-state index contributed by atoms with van der Waals surface area (Å²) in [6.45, 7) is 1.74. The smallest absolute Gasteiger partial charge is 0.00773 e. The average Bonchev–Trinajstić information content (AvgIpc) is 2.50. The van der Waals surface area contributed by atoms with Crippen LogP contribution in [0.2, 0.25) is 0 Å². The maximum atomic E-state index is 5.49. The van der Waals surface area contributed by atoms with Crippen LogP contribution in [0.3, 0.4) is 0 Å². The standard InChI is InChI=1S/C19H42N2/c20-18-16-14-12-10-8-6-4-2-1-3-5-7-9-11-13-15-17-19-21/h1-21H2. The minimum atomic E-state index is 0.869. The molecule has 0 atom stereocenters. The second kappa shape index (κ2) is 19.9. The second-order valence-electron chi connectivity index (χ2n) is 6.59. The van der Waals surface area contributed by atoms with Crippen molar-refractivity contribution < 1.29 is 0 Å². The Bertz CT molecular complexity index is 153. The highest BCUT2D eigenvalue weighted by molar-refractivity contribution is 4.50. The van der Waals surface area contributed by atoms with E-state index in [1.54, 1.807) is 0 Å². The van der Waals surface area contributed by atoms with Gasteiger partial charge in [-0.1, -0.05) is 96.3 Å². The third-order valence-electron chi connectivity index (χ3n) is 4.41. The van der Waals surface area contributed by atoms with Gasteiger partial charge in [-0.2, -0.15) is 0 Å². The molecule has 0 amide bonds. The zero-order chi connectivity index (χ0) is 15.4. The topological polar surface area (TPSA) is 52.0 Å². The predicted molar refractivity (Wildman–Crippen MR) is 96.6 cm³/mol. The van der Waals surface area contributed by atoms with Crippen LogP contribution in [-0.2, 0) is 0 Å². The summed E-state index contributed by atoms with van der Waals surface area (Å²) in [4.78, 5) is 0. The zero-order valence-electron chi connectivity index (χ0n) is 14.6. The first-order chi connectivity index (χ1) is 10.4. The molecule has 0 unspecified atom stereocenters. The lowest BCUT2D eigenvalue weighted by Gasteiger charge is -2.03. The number of hydrogen-bond donors (Lipinski definition) is 2. The molecule has 0 aliphatic carbocycles. The zero-order valence-corrected chi connectivity index (χ0v) is 14.6. The molecule has 0 spiro atoms. The van der Waals surface area contributed by atoms with E-state index in [1.165, 1.54) is 109 Å². The van der Waals surface area contributed by atoms with Crippen molar-refractivity contribution in [1.82, 2.24) is 0 Å². The van der Waals surface area contributed by atoms with Crippen LogP contribution in [0.1, 0.15) is 109 Å². The fraction of sp³-hybridized carbons (Fsp3) is 1.00. The van der Waals surface area contributed by atoms with E-state index in [2.05, 4.69) is 0 Å². The Morgan fingerprint density at radius 1 is 0.238 bits per heavy atom. The normalized spacial score (nSPS) is 11.1. The Balaban J connectivity index is 2.90. The number of rotatable bonds is 18. The summed E-state index contributed by atoms with van der Waals surface area (Å²) in [7, 11) is 0. The summed E-state index contributed by atoms with van der Waals surface area (Å²) in [5, 5.41) is 0. The van der Waals surface area contributed by atoms with Gasteiger partial charge in [0, 0.05) is 0 Å². The van der Waals surface area contributed by atoms with Gasteiger partial charge in [0.25, 0.3) is 0 Å². The van der Waals surface area contributed by atoms with Crippen molar-refractivity contribution in [3.05, 3.63) is 0 Å². The first-order valence-corrected chi connectivity index (χ1v) is 9.82. The van der Waals surface area contributed by atoms with Crippen molar-refractivity contribution in [2.75, 3.05) is 13.1 Å². The fourth-order valence-electron chi connectivity index (χ4n) is 2.94. The first kappa shape index (κ1) is 20.9. The second-order valence-corrected chi connectivity index (χ2v) is 6.59. The molecule has 128 valence electrons. The highest BCUT2D eigenvalue weighted by Gasteiger charge is 1.94. The largest absolute Gasteiger partial charge is 0.330 e. The SMILES string of the molecule is NCCCCCCCCCCCCCCCCCCCN. The minimum absolute atomic E-state index is 0.869. The quantitative estimate of drug-likeness (QED) is 0.327. The third-order valence-corrected chi connectivity index (χ3v) is 4.41. The lowest BCUT2D eigenvalue weighted by Crippen LogP contribution is -1.97. The molecule has 4 N–H and O–H groups in total. The molecule has 0 fully saturated rings. The van der Waals surface area contributed by atoms with Crippen LogP contribution in [0, 0.1) is 0 Å². The highest BCUT2D eigenvalue weighted by atomic mass is 14.5. The van der Waals surface area contributed by atoms with Crippen molar-refractivity contribution in [2.45, 2.75) is 109 Å². The summed E-state index contributed by atoms with van der Waals surface area (Å²) in [5.74, 6) is 0. The van der Waals surface area contributed by atoms with Gasteiger partial charge in [0.05, 0.1) is 0 Å². The molecule has 0 aromatic carbocycles. The Morgan fingerprint density at radius 3 is 0.524 bits per heavy atom. The van der Waals surface area contributed by atoms with Crippen LogP contribution in [-0.4, -0.2) is 13.1 Å². The molecule has 0 saturated carbocycles. The number of nitrogens with two attached hydrogens (primary N) is 2. The van der Waals surface area contributed by atoms with Crippen LogP contribution < -0.4 is 11.5 Å². The summed E-state index contributed by atoms with van der Waals surface area (Å²) >= 11 is 0. The van der Waals surface area contributed by atoms with Gasteiger partial charge < -0.3 is 11.5 Å². The Kier molecular flexibility index (Phi) is 19.8. The molecule has 0 bridgehead atoms. The van der Waals surface area contributed by atoms with Gasteiger partial charge in [-0.25, -0.2) is 0 Å². The van der Waals surface area contributed by atoms with E-state index in [9.17, 15) is 0 Å². The van der Waals surface area contributed by atoms with E-state index in [0.717, 1.165) is 13.1 Å². The molecule has 0 heterocycles. The lowest BCUT2D eigenvalue weighted by atomic mass is 10.0. The van der Waals surface area contributed by atoms with Gasteiger partial charge in [-0.05, 0) is 25.9 Å². The Morgan fingerprint density at radius 2 is 0.381 bits per heavy atom. The molecule has 0 aliphatic heterocycles. The van der Waals surface area contributed by atoms with Gasteiger partial charge in [0.1, 0.15) is 0 Å². The van der Waals surface area contributed by atoms with Gasteiger partial charge in [0.15, 0.2) is 0 Å². The summed E-state index contributed by atoms with van der Waals surface area (Å²) in [6.07, 6.45) is 23.8. The molecule has 21 heavy (non-hydrogen) atoms. The van der Waals surface area contributed by atoms with Crippen molar-refractivity contribution in [3.8, 4) is 0 Å². The maximum Gasteiger partial charge on any atom is -0.00773 e. The van der Waals surface area contributed by atoms with Gasteiger partial charge in [0.2, 0.25) is 0 Å².